The number of aliphatic hydroxyl groups excluding tert-OH is 1. The van der Waals surface area contributed by atoms with Gasteiger partial charge in [0, 0.05) is 50.9 Å². The Balaban J connectivity index is 1.74. The fourth-order valence-corrected chi connectivity index (χ4v) is 2.83. The standard InChI is InChI=1S/C16H21N3O/c20-13-3-8-18-9-11-19(12-10-18)16-15-5-2-1-4-14(15)6-7-17-16/h1-2,4-7,20H,3,8-13H2. The molecule has 4 nitrogen and oxygen atoms in total. The van der Waals surface area contributed by atoms with Crippen molar-refractivity contribution in [1.82, 2.24) is 9.88 Å². The van der Waals surface area contributed by atoms with E-state index in [2.05, 4.69) is 45.1 Å². The summed E-state index contributed by atoms with van der Waals surface area (Å²) in [7, 11) is 0. The van der Waals surface area contributed by atoms with Crippen molar-refractivity contribution in [2.24, 2.45) is 0 Å². The van der Waals surface area contributed by atoms with Gasteiger partial charge in [-0.2, -0.15) is 0 Å². The summed E-state index contributed by atoms with van der Waals surface area (Å²) in [5.74, 6) is 1.10. The molecule has 4 heteroatoms. The Morgan fingerprint density at radius 2 is 1.85 bits per heavy atom. The number of benzene rings is 1. The van der Waals surface area contributed by atoms with E-state index in [0.717, 1.165) is 45.0 Å². The van der Waals surface area contributed by atoms with Crippen molar-refractivity contribution < 1.29 is 5.11 Å². The second kappa shape index (κ2) is 6.20. The number of hydrogen-bond donors (Lipinski definition) is 1. The summed E-state index contributed by atoms with van der Waals surface area (Å²) in [5.41, 5.74) is 0. The third-order valence-electron chi connectivity index (χ3n) is 3.96. The van der Waals surface area contributed by atoms with Gasteiger partial charge in [-0.05, 0) is 17.9 Å². The van der Waals surface area contributed by atoms with Crippen molar-refractivity contribution >= 4 is 16.6 Å². The van der Waals surface area contributed by atoms with E-state index in [-0.39, 0.29) is 6.61 Å². The highest BCUT2D eigenvalue weighted by atomic mass is 16.3. The van der Waals surface area contributed by atoms with Gasteiger partial charge in [0.2, 0.25) is 0 Å². The van der Waals surface area contributed by atoms with Crippen molar-refractivity contribution in [3.05, 3.63) is 36.5 Å². The zero-order valence-electron chi connectivity index (χ0n) is 11.7. The van der Waals surface area contributed by atoms with E-state index in [0.29, 0.717) is 0 Å². The molecule has 1 N–H and O–H groups in total. The van der Waals surface area contributed by atoms with Crippen LogP contribution in [0.15, 0.2) is 36.5 Å². The molecule has 20 heavy (non-hydrogen) atoms. The lowest BCUT2D eigenvalue weighted by atomic mass is 10.1. The predicted molar refractivity (Wildman–Crippen MR) is 82.1 cm³/mol. The number of pyridine rings is 1. The lowest BCUT2D eigenvalue weighted by molar-refractivity contribution is 0.216. The van der Waals surface area contributed by atoms with E-state index in [1.165, 1.54) is 10.8 Å². The molecule has 0 spiro atoms. The van der Waals surface area contributed by atoms with Gasteiger partial charge in [-0.3, -0.25) is 4.90 Å². The second-order valence-corrected chi connectivity index (χ2v) is 5.26. The Morgan fingerprint density at radius 3 is 2.65 bits per heavy atom. The Hall–Kier alpha value is -1.65. The molecule has 0 radical (unpaired) electrons. The minimum absolute atomic E-state index is 0.283. The number of rotatable bonds is 4. The number of piperazine rings is 1. The molecule has 0 amide bonds. The molecule has 1 aliphatic heterocycles. The molecule has 0 atom stereocenters. The van der Waals surface area contributed by atoms with Gasteiger partial charge in [-0.25, -0.2) is 4.98 Å². The van der Waals surface area contributed by atoms with E-state index in [1.807, 2.05) is 6.20 Å². The first kappa shape index (κ1) is 13.3. The molecule has 0 saturated carbocycles. The largest absolute Gasteiger partial charge is 0.396 e. The molecular formula is C16H21N3O. The Labute approximate surface area is 119 Å². The SMILES string of the molecule is OCCCN1CCN(c2nccc3ccccc23)CC1. The topological polar surface area (TPSA) is 39.6 Å². The first-order valence-electron chi connectivity index (χ1n) is 7.30. The van der Waals surface area contributed by atoms with Gasteiger partial charge >= 0.3 is 0 Å². The number of nitrogens with zero attached hydrogens (tertiary/aromatic N) is 3. The molecule has 2 aromatic rings. The smallest absolute Gasteiger partial charge is 0.136 e. The van der Waals surface area contributed by atoms with E-state index in [9.17, 15) is 0 Å². The highest BCUT2D eigenvalue weighted by Crippen LogP contribution is 2.24. The van der Waals surface area contributed by atoms with Gasteiger partial charge < -0.3 is 10.0 Å². The fraction of sp³-hybridized carbons (Fsp3) is 0.438. The normalized spacial score (nSPS) is 16.8. The maximum atomic E-state index is 8.90. The minimum Gasteiger partial charge on any atom is -0.396 e. The van der Waals surface area contributed by atoms with Gasteiger partial charge in [-0.15, -0.1) is 0 Å². The number of aromatic nitrogens is 1. The molecule has 1 fully saturated rings. The van der Waals surface area contributed by atoms with Crippen LogP contribution in [0.4, 0.5) is 5.82 Å². The number of anilines is 1. The van der Waals surface area contributed by atoms with Crippen LogP contribution < -0.4 is 4.90 Å². The summed E-state index contributed by atoms with van der Waals surface area (Å²) in [5, 5.41) is 11.4. The summed E-state index contributed by atoms with van der Waals surface area (Å²) >= 11 is 0. The molecule has 2 heterocycles. The van der Waals surface area contributed by atoms with Crippen LogP contribution in [0.3, 0.4) is 0 Å². The molecule has 0 aliphatic carbocycles. The molecule has 1 aromatic heterocycles. The molecule has 0 unspecified atom stereocenters. The Morgan fingerprint density at radius 1 is 1.05 bits per heavy atom. The second-order valence-electron chi connectivity index (χ2n) is 5.26. The lowest BCUT2D eigenvalue weighted by Gasteiger charge is -2.35. The first-order chi connectivity index (χ1) is 9.88. The highest BCUT2D eigenvalue weighted by Gasteiger charge is 2.18. The van der Waals surface area contributed by atoms with E-state index in [4.69, 9.17) is 5.11 Å². The number of aliphatic hydroxyl groups is 1. The van der Waals surface area contributed by atoms with Crippen LogP contribution in [-0.2, 0) is 0 Å². The predicted octanol–water partition coefficient (Wildman–Crippen LogP) is 1.74. The van der Waals surface area contributed by atoms with Crippen LogP contribution in [0.2, 0.25) is 0 Å². The minimum atomic E-state index is 0.283. The summed E-state index contributed by atoms with van der Waals surface area (Å²) < 4.78 is 0. The third kappa shape index (κ3) is 2.76. The molecule has 3 rings (SSSR count). The number of fused-ring (bicyclic) bond motifs is 1. The van der Waals surface area contributed by atoms with Crippen LogP contribution >= 0.6 is 0 Å². The Bertz CT molecular complexity index is 559. The van der Waals surface area contributed by atoms with Crippen LogP contribution in [0.1, 0.15) is 6.42 Å². The van der Waals surface area contributed by atoms with E-state index < -0.39 is 0 Å². The van der Waals surface area contributed by atoms with Gasteiger partial charge in [-0.1, -0.05) is 24.3 Å². The molecule has 1 saturated heterocycles. The van der Waals surface area contributed by atoms with Crippen molar-refractivity contribution in [3.8, 4) is 0 Å². The zero-order valence-corrected chi connectivity index (χ0v) is 11.7. The number of hydrogen-bond acceptors (Lipinski definition) is 4. The fourth-order valence-electron chi connectivity index (χ4n) is 2.83. The molecular weight excluding hydrogens is 250 g/mol. The molecule has 1 aliphatic rings. The van der Waals surface area contributed by atoms with Gasteiger partial charge in [0.25, 0.3) is 0 Å². The molecule has 106 valence electrons. The Kier molecular flexibility index (Phi) is 4.14. The highest BCUT2D eigenvalue weighted by molar-refractivity contribution is 5.92. The maximum Gasteiger partial charge on any atom is 0.136 e. The van der Waals surface area contributed by atoms with Gasteiger partial charge in [0.15, 0.2) is 0 Å². The van der Waals surface area contributed by atoms with Crippen molar-refractivity contribution in [2.45, 2.75) is 6.42 Å². The van der Waals surface area contributed by atoms with Crippen molar-refractivity contribution in [3.63, 3.8) is 0 Å². The monoisotopic (exact) mass is 271 g/mol. The van der Waals surface area contributed by atoms with Crippen LogP contribution in [0, 0.1) is 0 Å². The van der Waals surface area contributed by atoms with Gasteiger partial charge in [0.05, 0.1) is 0 Å². The van der Waals surface area contributed by atoms with Crippen LogP contribution in [0.5, 0.6) is 0 Å². The van der Waals surface area contributed by atoms with Crippen LogP contribution in [0.25, 0.3) is 10.8 Å². The van der Waals surface area contributed by atoms with Gasteiger partial charge in [0.1, 0.15) is 5.82 Å². The van der Waals surface area contributed by atoms with E-state index >= 15 is 0 Å². The van der Waals surface area contributed by atoms with Crippen LogP contribution in [-0.4, -0.2) is 54.3 Å². The molecule has 1 aromatic carbocycles. The maximum absolute atomic E-state index is 8.90. The average Bonchev–Trinajstić information content (AvgIpc) is 2.53. The zero-order chi connectivity index (χ0) is 13.8. The van der Waals surface area contributed by atoms with Crippen molar-refractivity contribution in [2.75, 3.05) is 44.2 Å². The average molecular weight is 271 g/mol. The summed E-state index contributed by atoms with van der Waals surface area (Å²) in [6.45, 7) is 5.38. The summed E-state index contributed by atoms with van der Waals surface area (Å²) in [4.78, 5) is 9.37. The summed E-state index contributed by atoms with van der Waals surface area (Å²) in [6.07, 6.45) is 2.77. The quantitative estimate of drug-likeness (QED) is 0.919. The first-order valence-corrected chi connectivity index (χ1v) is 7.30. The lowest BCUT2D eigenvalue weighted by Crippen LogP contribution is -2.47. The van der Waals surface area contributed by atoms with E-state index in [1.54, 1.807) is 0 Å². The summed E-state index contributed by atoms with van der Waals surface area (Å²) in [6, 6.07) is 10.5. The third-order valence-corrected chi connectivity index (χ3v) is 3.96. The van der Waals surface area contributed by atoms with Crippen molar-refractivity contribution in [1.29, 1.82) is 0 Å². The molecule has 0 bridgehead atoms.